The van der Waals surface area contributed by atoms with Crippen molar-refractivity contribution < 1.29 is 28.3 Å². The van der Waals surface area contributed by atoms with Crippen LogP contribution >= 0.6 is 11.3 Å². The van der Waals surface area contributed by atoms with Crippen molar-refractivity contribution in [3.8, 4) is 22.8 Å². The van der Waals surface area contributed by atoms with Crippen molar-refractivity contribution in [2.75, 3.05) is 20.3 Å². The van der Waals surface area contributed by atoms with Crippen LogP contribution in [-0.4, -0.2) is 35.8 Å². The van der Waals surface area contributed by atoms with Gasteiger partial charge in [-0.3, -0.25) is 19.5 Å². The van der Waals surface area contributed by atoms with Gasteiger partial charge in [-0.15, -0.1) is 0 Å². The molecule has 4 aromatic rings. The Kier molecular flexibility index (Phi) is 8.31. The fraction of sp³-hybridized carbons (Fsp3) is 0.258. The number of non-ortho nitro benzene ring substituents is 1. The number of methoxy groups -OCH3 is 1. The molecule has 2 aromatic carbocycles. The number of carbonyl (C=O) groups is 1. The van der Waals surface area contributed by atoms with Gasteiger partial charge in [-0.25, -0.2) is 9.79 Å². The predicted octanol–water partition coefficient (Wildman–Crippen LogP) is 4.68. The summed E-state index contributed by atoms with van der Waals surface area (Å²) < 4.78 is 24.4. The second kappa shape index (κ2) is 12.1. The standard InChI is InChI=1S/C31H29N3O8S/c1-6-40-25-14-19(9-12-24(25)39-5)28-27(30(36)41-7-2)18(4)32-31-33(28)29(35)26(43-31)16-21-11-13-23(42-21)22-15-20(34(37)38)10-8-17(22)3/h8-16,28H,6-7H2,1-5H3/b26-16-. The average Bonchev–Trinajstić information content (AvgIpc) is 3.56. The van der Waals surface area contributed by atoms with Crippen LogP contribution in [0.4, 0.5) is 5.69 Å². The van der Waals surface area contributed by atoms with E-state index in [-0.39, 0.29) is 23.4 Å². The van der Waals surface area contributed by atoms with Gasteiger partial charge in [0.25, 0.3) is 11.2 Å². The lowest BCUT2D eigenvalue weighted by atomic mass is 9.95. The summed E-state index contributed by atoms with van der Waals surface area (Å²) in [5.74, 6) is 1.23. The fourth-order valence-corrected chi connectivity index (χ4v) is 5.96. The van der Waals surface area contributed by atoms with Gasteiger partial charge in [-0.1, -0.05) is 23.5 Å². The molecule has 222 valence electrons. The van der Waals surface area contributed by atoms with Gasteiger partial charge in [0.15, 0.2) is 16.3 Å². The van der Waals surface area contributed by atoms with Gasteiger partial charge < -0.3 is 18.6 Å². The Morgan fingerprint density at radius 3 is 2.60 bits per heavy atom. The third-order valence-corrected chi connectivity index (χ3v) is 7.90. The number of carbonyl (C=O) groups excluding carboxylic acids is 1. The van der Waals surface area contributed by atoms with Crippen LogP contribution in [0.1, 0.15) is 43.7 Å². The first-order valence-corrected chi connectivity index (χ1v) is 14.3. The molecule has 0 saturated carbocycles. The minimum atomic E-state index is -0.831. The van der Waals surface area contributed by atoms with Crippen molar-refractivity contribution in [1.29, 1.82) is 0 Å². The first-order valence-electron chi connectivity index (χ1n) is 13.5. The van der Waals surface area contributed by atoms with E-state index in [1.54, 1.807) is 56.3 Å². The molecule has 0 bridgehead atoms. The maximum Gasteiger partial charge on any atom is 0.338 e. The SMILES string of the molecule is CCOC(=O)C1=C(C)N=c2s/c(=C\c3ccc(-c4cc([N+](=O)[O-])ccc4C)o3)c(=O)n2C1c1ccc(OC)c(OCC)c1. The zero-order valence-corrected chi connectivity index (χ0v) is 25.0. The second-order valence-corrected chi connectivity index (χ2v) is 10.6. The summed E-state index contributed by atoms with van der Waals surface area (Å²) >= 11 is 1.16. The number of nitro benzene ring substituents is 1. The zero-order valence-electron chi connectivity index (χ0n) is 24.2. The first-order chi connectivity index (χ1) is 20.7. The summed E-state index contributed by atoms with van der Waals surface area (Å²) in [4.78, 5) is 43.0. The molecule has 0 radical (unpaired) electrons. The van der Waals surface area contributed by atoms with Crippen molar-refractivity contribution >= 4 is 29.1 Å². The number of fused-ring (bicyclic) bond motifs is 1. The predicted molar refractivity (Wildman–Crippen MR) is 160 cm³/mol. The van der Waals surface area contributed by atoms with Crippen molar-refractivity contribution in [1.82, 2.24) is 4.57 Å². The number of allylic oxidation sites excluding steroid dienone is 1. The molecule has 1 aliphatic heterocycles. The third kappa shape index (κ3) is 5.61. The van der Waals surface area contributed by atoms with Gasteiger partial charge in [0.2, 0.25) is 0 Å². The quantitative estimate of drug-likeness (QED) is 0.153. The van der Waals surface area contributed by atoms with Crippen molar-refractivity contribution in [2.24, 2.45) is 4.99 Å². The number of thiazole rings is 1. The number of hydrogen-bond donors (Lipinski definition) is 0. The van der Waals surface area contributed by atoms with E-state index in [0.29, 0.717) is 55.8 Å². The second-order valence-electron chi connectivity index (χ2n) is 9.60. The molecule has 2 aromatic heterocycles. The number of aryl methyl sites for hydroxylation is 1. The molecule has 43 heavy (non-hydrogen) atoms. The van der Waals surface area contributed by atoms with Crippen molar-refractivity contribution in [3.63, 3.8) is 0 Å². The van der Waals surface area contributed by atoms with E-state index in [2.05, 4.69) is 4.99 Å². The monoisotopic (exact) mass is 603 g/mol. The first kappa shape index (κ1) is 29.5. The van der Waals surface area contributed by atoms with Crippen LogP contribution in [0.2, 0.25) is 0 Å². The van der Waals surface area contributed by atoms with E-state index < -0.39 is 16.9 Å². The number of nitrogens with zero attached hydrogens (tertiary/aromatic N) is 3. The number of aromatic nitrogens is 1. The van der Waals surface area contributed by atoms with Crippen LogP contribution in [-0.2, 0) is 9.53 Å². The van der Waals surface area contributed by atoms with Crippen molar-refractivity contribution in [2.45, 2.75) is 33.7 Å². The van der Waals surface area contributed by atoms with Gasteiger partial charge in [-0.05, 0) is 63.1 Å². The highest BCUT2D eigenvalue weighted by Gasteiger charge is 2.34. The highest BCUT2D eigenvalue weighted by molar-refractivity contribution is 7.07. The maximum atomic E-state index is 14.0. The number of ether oxygens (including phenoxy) is 3. The normalized spacial score (nSPS) is 14.7. The van der Waals surface area contributed by atoms with Crippen molar-refractivity contribution in [3.05, 3.63) is 106 Å². The van der Waals surface area contributed by atoms with Crippen LogP contribution in [0.5, 0.6) is 11.5 Å². The largest absolute Gasteiger partial charge is 0.493 e. The molecule has 0 N–H and O–H groups in total. The molecular formula is C31H29N3O8S. The number of nitro groups is 1. The Labute approximate surface area is 250 Å². The fourth-order valence-electron chi connectivity index (χ4n) is 4.93. The third-order valence-electron chi connectivity index (χ3n) is 6.92. The van der Waals surface area contributed by atoms with Crippen LogP contribution in [0.25, 0.3) is 17.4 Å². The van der Waals surface area contributed by atoms with Gasteiger partial charge in [0.05, 0.1) is 47.1 Å². The molecule has 1 aliphatic rings. The molecule has 0 saturated heterocycles. The van der Waals surface area contributed by atoms with E-state index in [0.717, 1.165) is 16.9 Å². The van der Waals surface area contributed by atoms with Gasteiger partial charge in [0.1, 0.15) is 11.5 Å². The summed E-state index contributed by atoms with van der Waals surface area (Å²) in [5.41, 5.74) is 2.26. The highest BCUT2D eigenvalue weighted by Crippen LogP contribution is 2.36. The Morgan fingerprint density at radius 2 is 1.91 bits per heavy atom. The molecule has 0 aliphatic carbocycles. The molecular weight excluding hydrogens is 574 g/mol. The highest BCUT2D eigenvalue weighted by atomic mass is 32.1. The van der Waals surface area contributed by atoms with Gasteiger partial charge in [-0.2, -0.15) is 0 Å². The van der Waals surface area contributed by atoms with E-state index in [9.17, 15) is 19.7 Å². The number of hydrogen-bond acceptors (Lipinski definition) is 10. The lowest BCUT2D eigenvalue weighted by Crippen LogP contribution is -2.39. The Balaban J connectivity index is 1.65. The van der Waals surface area contributed by atoms with Crippen LogP contribution < -0.4 is 24.4 Å². The minimum absolute atomic E-state index is 0.0503. The van der Waals surface area contributed by atoms with Crippen LogP contribution in [0, 0.1) is 17.0 Å². The summed E-state index contributed by atoms with van der Waals surface area (Å²) in [6.45, 7) is 7.66. The maximum absolute atomic E-state index is 14.0. The van der Waals surface area contributed by atoms with E-state index >= 15 is 0 Å². The van der Waals surface area contributed by atoms with E-state index in [4.69, 9.17) is 18.6 Å². The minimum Gasteiger partial charge on any atom is -0.493 e. The Bertz CT molecular complexity index is 1950. The summed E-state index contributed by atoms with van der Waals surface area (Å²) in [7, 11) is 1.54. The van der Waals surface area contributed by atoms with E-state index in [1.807, 2.05) is 13.8 Å². The van der Waals surface area contributed by atoms with Crippen LogP contribution in [0.15, 0.2) is 74.0 Å². The Morgan fingerprint density at radius 1 is 1.12 bits per heavy atom. The van der Waals surface area contributed by atoms with Gasteiger partial charge >= 0.3 is 5.97 Å². The molecule has 3 heterocycles. The number of esters is 1. The smallest absolute Gasteiger partial charge is 0.338 e. The topological polar surface area (TPSA) is 135 Å². The molecule has 11 nitrogen and oxygen atoms in total. The number of rotatable bonds is 9. The Hall–Kier alpha value is -4.97. The summed E-state index contributed by atoms with van der Waals surface area (Å²) in [6, 6.07) is 12.4. The molecule has 5 rings (SSSR count). The zero-order chi connectivity index (χ0) is 30.8. The lowest BCUT2D eigenvalue weighted by molar-refractivity contribution is -0.384. The molecule has 12 heteroatoms. The molecule has 0 fully saturated rings. The van der Waals surface area contributed by atoms with Crippen LogP contribution in [0.3, 0.4) is 0 Å². The summed E-state index contributed by atoms with van der Waals surface area (Å²) in [6.07, 6.45) is 1.60. The molecule has 0 spiro atoms. The molecule has 1 unspecified atom stereocenters. The van der Waals surface area contributed by atoms with Gasteiger partial charge in [0, 0.05) is 23.8 Å². The van der Waals surface area contributed by atoms with E-state index in [1.165, 1.54) is 23.8 Å². The average molecular weight is 604 g/mol. The lowest BCUT2D eigenvalue weighted by Gasteiger charge is -2.25. The number of benzene rings is 2. The molecule has 0 amide bonds. The summed E-state index contributed by atoms with van der Waals surface area (Å²) in [5, 5.41) is 11.3. The molecule has 1 atom stereocenters. The number of furan rings is 1.